The third-order valence-corrected chi connectivity index (χ3v) is 2.66. The molecule has 82 valence electrons. The maximum atomic E-state index is 13.3. The summed E-state index contributed by atoms with van der Waals surface area (Å²) in [4.78, 5) is 0. The van der Waals surface area contributed by atoms with Crippen molar-refractivity contribution in [2.45, 2.75) is 12.0 Å². The number of aliphatic hydroxyl groups is 1. The van der Waals surface area contributed by atoms with Crippen LogP contribution in [0.2, 0.25) is 0 Å². The summed E-state index contributed by atoms with van der Waals surface area (Å²) in [6.07, 6.45) is 0.377. The molecule has 0 aliphatic carbocycles. The highest BCUT2D eigenvalue weighted by Gasteiger charge is 2.35. The predicted octanol–water partition coefficient (Wildman–Crippen LogP) is 0.894. The van der Waals surface area contributed by atoms with Gasteiger partial charge in [-0.2, -0.15) is 4.39 Å². The first kappa shape index (κ1) is 10.3. The van der Waals surface area contributed by atoms with Crippen LogP contribution in [0.25, 0.3) is 0 Å². The molecule has 5 heteroatoms. The van der Waals surface area contributed by atoms with Crippen LogP contribution in [0.15, 0.2) is 12.1 Å². The zero-order valence-electron chi connectivity index (χ0n) is 7.96. The predicted molar refractivity (Wildman–Crippen MR) is 49.4 cm³/mol. The summed E-state index contributed by atoms with van der Waals surface area (Å²) in [7, 11) is 0. The van der Waals surface area contributed by atoms with Crippen LogP contribution >= 0.6 is 0 Å². The first-order valence-electron chi connectivity index (χ1n) is 4.59. The maximum absolute atomic E-state index is 13.3. The molecule has 0 amide bonds. The van der Waals surface area contributed by atoms with Gasteiger partial charge in [0.2, 0.25) is 5.82 Å². The van der Waals surface area contributed by atoms with Crippen LogP contribution in [-0.2, 0) is 5.54 Å². The third kappa shape index (κ3) is 1.48. The highest BCUT2D eigenvalue weighted by Crippen LogP contribution is 2.37. The summed E-state index contributed by atoms with van der Waals surface area (Å²) in [5.41, 5.74) is 5.15. The molecule has 1 atom stereocenters. The maximum Gasteiger partial charge on any atom is 0.200 e. The molecular weight excluding hydrogens is 204 g/mol. The van der Waals surface area contributed by atoms with Crippen molar-refractivity contribution < 1.29 is 18.6 Å². The normalized spacial score (nSPS) is 24.5. The van der Waals surface area contributed by atoms with E-state index < -0.39 is 17.2 Å². The van der Waals surface area contributed by atoms with Crippen molar-refractivity contribution in [2.75, 3.05) is 13.2 Å². The summed E-state index contributed by atoms with van der Waals surface area (Å²) < 4.78 is 31.3. The van der Waals surface area contributed by atoms with E-state index in [9.17, 15) is 8.78 Å². The van der Waals surface area contributed by atoms with E-state index in [2.05, 4.69) is 0 Å². The van der Waals surface area contributed by atoms with Crippen LogP contribution in [0.4, 0.5) is 8.78 Å². The minimum absolute atomic E-state index is 0.171. The van der Waals surface area contributed by atoms with Crippen LogP contribution in [0.3, 0.4) is 0 Å². The van der Waals surface area contributed by atoms with E-state index in [0.29, 0.717) is 12.0 Å². The van der Waals surface area contributed by atoms with Crippen molar-refractivity contribution >= 4 is 0 Å². The number of aliphatic hydroxyl groups excluding tert-OH is 1. The molecule has 3 nitrogen and oxygen atoms in total. The zero-order chi connectivity index (χ0) is 11.1. The smallest absolute Gasteiger partial charge is 0.200 e. The van der Waals surface area contributed by atoms with Gasteiger partial charge in [0.1, 0.15) is 0 Å². The number of nitrogens with two attached hydrogens (primary N) is 1. The molecular formula is C10H11F2NO2. The molecule has 3 N–H and O–H groups in total. The van der Waals surface area contributed by atoms with Crippen molar-refractivity contribution in [3.63, 3.8) is 0 Å². The fourth-order valence-corrected chi connectivity index (χ4v) is 1.70. The third-order valence-electron chi connectivity index (χ3n) is 2.66. The summed E-state index contributed by atoms with van der Waals surface area (Å²) in [5.74, 6) is -2.20. The van der Waals surface area contributed by atoms with Gasteiger partial charge in [0.25, 0.3) is 0 Å². The van der Waals surface area contributed by atoms with Crippen molar-refractivity contribution in [1.29, 1.82) is 0 Å². The van der Waals surface area contributed by atoms with E-state index in [0.717, 1.165) is 6.07 Å². The molecule has 0 saturated heterocycles. The Morgan fingerprint density at radius 1 is 1.47 bits per heavy atom. The first-order chi connectivity index (χ1) is 7.08. The molecule has 0 bridgehead atoms. The van der Waals surface area contributed by atoms with Gasteiger partial charge in [-0.05, 0) is 6.07 Å². The summed E-state index contributed by atoms with van der Waals surface area (Å²) >= 11 is 0. The molecule has 0 spiro atoms. The molecule has 0 unspecified atom stereocenters. The molecule has 0 aromatic heterocycles. The van der Waals surface area contributed by atoms with Gasteiger partial charge in [0, 0.05) is 12.0 Å². The lowest BCUT2D eigenvalue weighted by atomic mass is 9.86. The van der Waals surface area contributed by atoms with E-state index >= 15 is 0 Å². The van der Waals surface area contributed by atoms with Gasteiger partial charge in [-0.3, -0.25) is 0 Å². The highest BCUT2D eigenvalue weighted by molar-refractivity contribution is 5.42. The fourth-order valence-electron chi connectivity index (χ4n) is 1.70. The number of rotatable bonds is 1. The van der Waals surface area contributed by atoms with Gasteiger partial charge in [-0.1, -0.05) is 6.07 Å². The number of ether oxygens (including phenoxy) is 1. The Morgan fingerprint density at radius 3 is 2.87 bits per heavy atom. The van der Waals surface area contributed by atoms with E-state index in [4.69, 9.17) is 15.6 Å². The molecule has 1 aliphatic rings. The monoisotopic (exact) mass is 215 g/mol. The average molecular weight is 215 g/mol. The van der Waals surface area contributed by atoms with Gasteiger partial charge in [0.05, 0.1) is 18.8 Å². The van der Waals surface area contributed by atoms with E-state index in [1.807, 2.05) is 0 Å². The Bertz CT molecular complexity index is 397. The van der Waals surface area contributed by atoms with Crippen molar-refractivity contribution in [3.8, 4) is 5.75 Å². The van der Waals surface area contributed by atoms with Gasteiger partial charge in [-0.15, -0.1) is 0 Å². The number of halogens is 2. The van der Waals surface area contributed by atoms with E-state index in [1.165, 1.54) is 6.07 Å². The van der Waals surface area contributed by atoms with Crippen LogP contribution < -0.4 is 10.5 Å². The molecule has 15 heavy (non-hydrogen) atoms. The lowest BCUT2D eigenvalue weighted by Crippen LogP contribution is -2.45. The highest BCUT2D eigenvalue weighted by atomic mass is 19.2. The molecule has 1 heterocycles. The molecule has 0 fully saturated rings. The lowest BCUT2D eigenvalue weighted by molar-refractivity contribution is 0.134. The van der Waals surface area contributed by atoms with Crippen LogP contribution in [0, 0.1) is 11.6 Å². The van der Waals surface area contributed by atoms with Crippen LogP contribution in [0.1, 0.15) is 12.0 Å². The van der Waals surface area contributed by atoms with Crippen molar-refractivity contribution in [2.24, 2.45) is 5.73 Å². The number of fused-ring (bicyclic) bond motifs is 1. The number of hydrogen-bond donors (Lipinski definition) is 2. The Kier molecular flexibility index (Phi) is 2.36. The average Bonchev–Trinajstić information content (AvgIpc) is 2.24. The van der Waals surface area contributed by atoms with Gasteiger partial charge in [0.15, 0.2) is 11.6 Å². The quantitative estimate of drug-likeness (QED) is 0.731. The fraction of sp³-hybridized carbons (Fsp3) is 0.400. The Labute approximate surface area is 85.5 Å². The second-order valence-electron chi connectivity index (χ2n) is 3.65. The summed E-state index contributed by atoms with van der Waals surface area (Å²) in [6, 6.07) is 2.34. The van der Waals surface area contributed by atoms with Gasteiger partial charge >= 0.3 is 0 Å². The second-order valence-corrected chi connectivity index (χ2v) is 3.65. The molecule has 1 aliphatic heterocycles. The second kappa shape index (κ2) is 3.43. The molecule has 0 saturated carbocycles. The van der Waals surface area contributed by atoms with Gasteiger partial charge < -0.3 is 15.6 Å². The largest absolute Gasteiger partial charge is 0.490 e. The summed E-state index contributed by atoms with van der Waals surface area (Å²) in [6.45, 7) is -0.154. The first-order valence-corrected chi connectivity index (χ1v) is 4.59. The number of hydrogen-bond acceptors (Lipinski definition) is 3. The van der Waals surface area contributed by atoms with Crippen LogP contribution in [-0.4, -0.2) is 18.3 Å². The summed E-state index contributed by atoms with van der Waals surface area (Å²) in [5, 5.41) is 9.16. The molecule has 2 rings (SSSR count). The standard InChI is InChI=1S/C10H11F2NO2/c11-7-2-1-6-9(8(7)12)15-4-3-10(6,13)5-14/h1-2,14H,3-5,13H2/t10-/m1/s1. The SMILES string of the molecule is N[C@@]1(CO)CCOc2c1ccc(F)c2F. The Hall–Kier alpha value is -1.20. The minimum atomic E-state index is -1.05. The van der Waals surface area contributed by atoms with E-state index in [-0.39, 0.29) is 19.0 Å². The molecule has 1 aromatic carbocycles. The molecule has 0 radical (unpaired) electrons. The topological polar surface area (TPSA) is 55.5 Å². The molecule has 1 aromatic rings. The lowest BCUT2D eigenvalue weighted by Gasteiger charge is -2.33. The number of benzene rings is 1. The zero-order valence-corrected chi connectivity index (χ0v) is 7.96. The Morgan fingerprint density at radius 2 is 2.20 bits per heavy atom. The van der Waals surface area contributed by atoms with Crippen LogP contribution in [0.5, 0.6) is 5.75 Å². The van der Waals surface area contributed by atoms with E-state index in [1.54, 1.807) is 0 Å². The Balaban J connectivity index is 2.59. The van der Waals surface area contributed by atoms with Crippen molar-refractivity contribution in [1.82, 2.24) is 0 Å². The van der Waals surface area contributed by atoms with Gasteiger partial charge in [-0.25, -0.2) is 4.39 Å². The minimum Gasteiger partial charge on any atom is -0.490 e. The van der Waals surface area contributed by atoms with Crippen molar-refractivity contribution in [3.05, 3.63) is 29.3 Å².